The number of aliphatic hydroxyl groups excluding tert-OH is 1. The molecule has 2 aliphatic heterocycles. The van der Waals surface area contributed by atoms with Crippen LogP contribution in [0.5, 0.6) is 23.0 Å². The summed E-state index contributed by atoms with van der Waals surface area (Å²) in [4.78, 5) is 16.7. The second kappa shape index (κ2) is 14.2. The van der Waals surface area contributed by atoms with Gasteiger partial charge in [-0.25, -0.2) is 0 Å². The van der Waals surface area contributed by atoms with E-state index in [0.717, 1.165) is 76.3 Å². The molecule has 235 valence electrons. The molecular formula is C38H41BIrNO4-. The topological polar surface area (TPSA) is 68.7 Å². The number of ketones is 1. The van der Waals surface area contributed by atoms with Crippen LogP contribution in [0.4, 0.5) is 0 Å². The van der Waals surface area contributed by atoms with Crippen molar-refractivity contribution >= 4 is 28.9 Å². The number of rotatable bonds is 8. The predicted molar refractivity (Wildman–Crippen MR) is 179 cm³/mol. The zero-order valence-corrected chi connectivity index (χ0v) is 29.3. The third-order valence-corrected chi connectivity index (χ3v) is 9.79. The van der Waals surface area contributed by atoms with Gasteiger partial charge in [-0.05, 0) is 61.1 Å². The SMILES string of the molecule is CCC(C)(CC)C(=O)/C=C(\O)C(C)(CC)CC.[Ir].[c-]1ccc2c(c1-c1ccccn1)Oc1cccc3c1B2c1ccccc1O3. The molecule has 6 rings (SSSR count). The number of pyridine rings is 1. The first kappa shape index (κ1) is 34.2. The molecule has 1 radical (unpaired) electrons. The largest absolute Gasteiger partial charge is 0.512 e. The molecule has 0 spiro atoms. The summed E-state index contributed by atoms with van der Waals surface area (Å²) in [5, 5.41) is 10.1. The first-order valence-electron chi connectivity index (χ1n) is 15.7. The molecule has 1 N–H and O–H groups in total. The number of hydrogen-bond donors (Lipinski definition) is 1. The zero-order chi connectivity index (χ0) is 31.5. The van der Waals surface area contributed by atoms with Crippen LogP contribution in [0, 0.1) is 16.9 Å². The number of aromatic nitrogens is 1. The number of allylic oxidation sites excluding steroid dienone is 2. The number of carbonyl (C=O) groups excluding carboxylic acids is 1. The number of nitrogens with zero attached hydrogens (tertiary/aromatic N) is 1. The van der Waals surface area contributed by atoms with Crippen LogP contribution in [0.25, 0.3) is 11.3 Å². The Morgan fingerprint density at radius 3 is 2.09 bits per heavy atom. The second-order valence-electron chi connectivity index (χ2n) is 12.1. The maximum atomic E-state index is 12.2. The van der Waals surface area contributed by atoms with Crippen molar-refractivity contribution in [1.82, 2.24) is 4.98 Å². The standard InChI is InChI=1S/C23H13BNO2.C15H28O2.Ir/c1-2-11-19-16(8-1)24-17-9-5-7-15(18-10-3-4-14-25-18)23(17)27-21-13-6-12-20(26-19)22(21)24;1-7-14(5,8-2)12(16)11-13(17)15(6,9-3)10-4;/h1-6,8-14H;11,16H,7-10H2,1-6H3;/q-1;;/b;12-11-;. The van der Waals surface area contributed by atoms with E-state index in [4.69, 9.17) is 9.47 Å². The number of ether oxygens (including phenoxy) is 2. The maximum absolute atomic E-state index is 12.2. The van der Waals surface area contributed by atoms with Gasteiger partial charge in [-0.1, -0.05) is 83.5 Å². The average molecular weight is 779 g/mol. The van der Waals surface area contributed by atoms with E-state index < -0.39 is 0 Å². The van der Waals surface area contributed by atoms with Gasteiger partial charge in [0.25, 0.3) is 0 Å². The van der Waals surface area contributed by atoms with Gasteiger partial charge in [-0.15, -0.1) is 23.7 Å². The zero-order valence-electron chi connectivity index (χ0n) is 26.9. The first-order valence-corrected chi connectivity index (χ1v) is 15.7. The Hall–Kier alpha value is -3.67. The predicted octanol–water partition coefficient (Wildman–Crippen LogP) is 7.92. The molecule has 0 amide bonds. The van der Waals surface area contributed by atoms with Crippen LogP contribution in [-0.4, -0.2) is 22.6 Å². The van der Waals surface area contributed by atoms with Crippen LogP contribution in [0.15, 0.2) is 90.8 Å². The summed E-state index contributed by atoms with van der Waals surface area (Å²) in [6.07, 6.45) is 6.55. The smallest absolute Gasteiger partial charge is 0.241 e. The Morgan fingerprint density at radius 2 is 1.44 bits per heavy atom. The Morgan fingerprint density at radius 1 is 0.822 bits per heavy atom. The van der Waals surface area contributed by atoms with Crippen LogP contribution in [0.3, 0.4) is 0 Å². The van der Waals surface area contributed by atoms with Gasteiger partial charge in [0, 0.05) is 54.4 Å². The summed E-state index contributed by atoms with van der Waals surface area (Å²) in [7, 11) is 0. The van der Waals surface area contributed by atoms with E-state index in [2.05, 4.69) is 29.2 Å². The van der Waals surface area contributed by atoms with Gasteiger partial charge in [-0.2, -0.15) is 0 Å². The average Bonchev–Trinajstić information content (AvgIpc) is 3.07. The summed E-state index contributed by atoms with van der Waals surface area (Å²) in [6.45, 7) is 12.2. The van der Waals surface area contributed by atoms with Crippen LogP contribution < -0.4 is 25.9 Å². The number of para-hydroxylation sites is 1. The Labute approximate surface area is 281 Å². The van der Waals surface area contributed by atoms with E-state index in [1.807, 2.05) is 96.1 Å². The molecule has 3 heterocycles. The molecule has 1 aromatic heterocycles. The van der Waals surface area contributed by atoms with Crippen molar-refractivity contribution in [3.63, 3.8) is 0 Å². The normalized spacial score (nSPS) is 13.0. The quantitative estimate of drug-likeness (QED) is 0.0737. The number of carbonyl (C=O) groups is 1. The Balaban J connectivity index is 0.000000226. The molecule has 0 bridgehead atoms. The van der Waals surface area contributed by atoms with Crippen LogP contribution in [-0.2, 0) is 24.9 Å². The van der Waals surface area contributed by atoms with E-state index in [-0.39, 0.29) is 49.2 Å². The van der Waals surface area contributed by atoms with E-state index in [0.29, 0.717) is 0 Å². The maximum Gasteiger partial charge on any atom is 0.241 e. The second-order valence-corrected chi connectivity index (χ2v) is 12.1. The third kappa shape index (κ3) is 6.52. The Kier molecular flexibility index (Phi) is 10.8. The molecule has 4 aromatic rings. The van der Waals surface area contributed by atoms with Crippen molar-refractivity contribution in [2.24, 2.45) is 10.8 Å². The minimum atomic E-state index is -0.337. The third-order valence-electron chi connectivity index (χ3n) is 9.79. The molecule has 2 aliphatic rings. The molecule has 0 saturated heterocycles. The van der Waals surface area contributed by atoms with Crippen molar-refractivity contribution in [1.29, 1.82) is 0 Å². The van der Waals surface area contributed by atoms with Gasteiger partial charge < -0.3 is 19.6 Å². The summed E-state index contributed by atoms with van der Waals surface area (Å²) < 4.78 is 12.5. The minimum Gasteiger partial charge on any atom is -0.512 e. The number of aliphatic hydroxyl groups is 1. The van der Waals surface area contributed by atoms with Gasteiger partial charge in [0.15, 0.2) is 5.78 Å². The van der Waals surface area contributed by atoms with E-state index in [1.54, 1.807) is 6.20 Å². The van der Waals surface area contributed by atoms with E-state index in [9.17, 15) is 9.90 Å². The first-order chi connectivity index (χ1) is 21.2. The van der Waals surface area contributed by atoms with Crippen molar-refractivity contribution in [2.45, 2.75) is 67.2 Å². The molecule has 5 nitrogen and oxygen atoms in total. The fourth-order valence-corrected chi connectivity index (χ4v) is 5.73. The molecule has 0 atom stereocenters. The molecule has 0 aliphatic carbocycles. The molecule has 3 aromatic carbocycles. The van der Waals surface area contributed by atoms with Crippen molar-refractivity contribution in [3.05, 3.63) is 96.9 Å². The minimum absolute atomic E-state index is 0. The molecule has 0 unspecified atom stereocenters. The Bertz CT molecular complexity index is 1680. The van der Waals surface area contributed by atoms with Gasteiger partial charge >= 0.3 is 0 Å². The number of hydrogen-bond acceptors (Lipinski definition) is 5. The van der Waals surface area contributed by atoms with Gasteiger partial charge in [-0.3, -0.25) is 4.79 Å². The fourth-order valence-electron chi connectivity index (χ4n) is 5.73. The van der Waals surface area contributed by atoms with E-state index in [1.165, 1.54) is 6.08 Å². The van der Waals surface area contributed by atoms with Crippen LogP contribution in [0.2, 0.25) is 0 Å². The number of fused-ring (bicyclic) bond motifs is 4. The summed E-state index contributed by atoms with van der Waals surface area (Å²) in [5.41, 5.74) is 4.49. The molecule has 45 heavy (non-hydrogen) atoms. The molecule has 0 fully saturated rings. The van der Waals surface area contributed by atoms with E-state index >= 15 is 0 Å². The van der Waals surface area contributed by atoms with Gasteiger partial charge in [0.2, 0.25) is 6.71 Å². The van der Waals surface area contributed by atoms with Gasteiger partial charge in [0.1, 0.15) is 23.0 Å². The number of benzene rings is 3. The summed E-state index contributed by atoms with van der Waals surface area (Å²) in [5.74, 6) is 3.69. The molecule has 0 saturated carbocycles. The fraction of sp³-hybridized carbons (Fsp3) is 0.316. The van der Waals surface area contributed by atoms with Crippen molar-refractivity contribution in [3.8, 4) is 34.3 Å². The monoisotopic (exact) mass is 779 g/mol. The molecular weight excluding hydrogens is 737 g/mol. The van der Waals surface area contributed by atoms with Crippen LogP contribution in [0.1, 0.15) is 67.2 Å². The van der Waals surface area contributed by atoms with Crippen LogP contribution >= 0.6 is 0 Å². The molecule has 7 heteroatoms. The summed E-state index contributed by atoms with van der Waals surface area (Å²) >= 11 is 0. The van der Waals surface area contributed by atoms with Crippen molar-refractivity contribution in [2.75, 3.05) is 0 Å². The summed E-state index contributed by atoms with van der Waals surface area (Å²) in [6, 6.07) is 27.4. The van der Waals surface area contributed by atoms with Crippen molar-refractivity contribution < 1.29 is 39.5 Å². The van der Waals surface area contributed by atoms with Gasteiger partial charge in [0.05, 0.1) is 0 Å².